The molecule has 0 aliphatic rings. The highest BCUT2D eigenvalue weighted by molar-refractivity contribution is 5.59. The van der Waals surface area contributed by atoms with E-state index in [1.165, 1.54) is 72.8 Å². The van der Waals surface area contributed by atoms with Crippen LogP contribution in [0.25, 0.3) is 11.3 Å². The first-order chi connectivity index (χ1) is 14.8. The Bertz CT molecular complexity index is 844. The van der Waals surface area contributed by atoms with E-state index in [9.17, 15) is 0 Å². The lowest BCUT2D eigenvalue weighted by atomic mass is 10.00. The van der Waals surface area contributed by atoms with Gasteiger partial charge in [0.25, 0.3) is 0 Å². The summed E-state index contributed by atoms with van der Waals surface area (Å²) in [6.45, 7) is 4.50. The molecular formula is C29H37N. The third-order valence-corrected chi connectivity index (χ3v) is 5.94. The van der Waals surface area contributed by atoms with Gasteiger partial charge in [0.05, 0.1) is 5.69 Å². The van der Waals surface area contributed by atoms with Crippen molar-refractivity contribution >= 4 is 0 Å². The first kappa shape index (κ1) is 22.3. The Kier molecular flexibility index (Phi) is 9.15. The Labute approximate surface area is 183 Å². The second kappa shape index (κ2) is 12.3. The van der Waals surface area contributed by atoms with Crippen LogP contribution in [0.5, 0.6) is 0 Å². The lowest BCUT2D eigenvalue weighted by Crippen LogP contribution is -1.93. The van der Waals surface area contributed by atoms with Crippen LogP contribution in [-0.4, -0.2) is 4.98 Å². The van der Waals surface area contributed by atoms with Crippen molar-refractivity contribution in [3.05, 3.63) is 89.1 Å². The van der Waals surface area contributed by atoms with Gasteiger partial charge in [0.1, 0.15) is 0 Å². The highest BCUT2D eigenvalue weighted by atomic mass is 14.7. The van der Waals surface area contributed by atoms with Gasteiger partial charge >= 0.3 is 0 Å². The number of nitrogens with zero attached hydrogens (tertiary/aromatic N) is 1. The average Bonchev–Trinajstić information content (AvgIpc) is 2.81. The van der Waals surface area contributed by atoms with Gasteiger partial charge in [-0.2, -0.15) is 0 Å². The summed E-state index contributed by atoms with van der Waals surface area (Å²) in [5.41, 5.74) is 7.91. The van der Waals surface area contributed by atoms with Crippen LogP contribution >= 0.6 is 0 Å². The molecule has 1 nitrogen and oxygen atoms in total. The molecule has 1 heterocycles. The molecule has 0 radical (unpaired) electrons. The number of unbranched alkanes of at least 4 members (excludes halogenated alkanes) is 4. The molecule has 1 aromatic heterocycles. The average molecular weight is 400 g/mol. The smallest absolute Gasteiger partial charge is 0.0702 e. The van der Waals surface area contributed by atoms with Crippen LogP contribution in [0, 0.1) is 0 Å². The van der Waals surface area contributed by atoms with Crippen molar-refractivity contribution in [2.24, 2.45) is 0 Å². The van der Waals surface area contributed by atoms with E-state index in [4.69, 9.17) is 0 Å². The Hall–Kier alpha value is -2.41. The summed E-state index contributed by atoms with van der Waals surface area (Å²) in [7, 11) is 0. The number of hydrogen-bond acceptors (Lipinski definition) is 1. The van der Waals surface area contributed by atoms with Crippen LogP contribution in [0.15, 0.2) is 66.9 Å². The fourth-order valence-corrected chi connectivity index (χ4v) is 3.88. The standard InChI is InChI=1S/C29H37N/c1-3-5-7-8-10-24-11-13-25(14-12-24)15-16-26-17-20-28(21-18-26)29-22-19-27(23-30-29)9-6-4-2/h11-14,17-23H,3-10,15-16H2,1-2H3. The zero-order valence-corrected chi connectivity index (χ0v) is 18.9. The second-order valence-electron chi connectivity index (χ2n) is 8.48. The van der Waals surface area contributed by atoms with E-state index in [-0.39, 0.29) is 0 Å². The maximum atomic E-state index is 4.66. The summed E-state index contributed by atoms with van der Waals surface area (Å²) < 4.78 is 0. The molecule has 0 spiro atoms. The number of aromatic nitrogens is 1. The Balaban J connectivity index is 1.48. The highest BCUT2D eigenvalue weighted by Gasteiger charge is 2.02. The van der Waals surface area contributed by atoms with Crippen molar-refractivity contribution < 1.29 is 0 Å². The van der Waals surface area contributed by atoms with E-state index in [0.717, 1.165) is 25.0 Å². The SMILES string of the molecule is CCCCCCc1ccc(CCc2ccc(-c3ccc(CCCC)cn3)cc2)cc1. The van der Waals surface area contributed by atoms with Crippen molar-refractivity contribution in [2.45, 2.75) is 78.1 Å². The third kappa shape index (κ3) is 7.13. The molecule has 0 fully saturated rings. The molecule has 3 rings (SSSR count). The van der Waals surface area contributed by atoms with Crippen molar-refractivity contribution in [1.82, 2.24) is 4.98 Å². The minimum Gasteiger partial charge on any atom is -0.256 e. The number of pyridine rings is 1. The molecule has 158 valence electrons. The largest absolute Gasteiger partial charge is 0.256 e. The molecule has 0 saturated carbocycles. The summed E-state index contributed by atoms with van der Waals surface area (Å²) in [5.74, 6) is 0. The number of rotatable bonds is 12. The van der Waals surface area contributed by atoms with Crippen molar-refractivity contribution in [1.29, 1.82) is 0 Å². The molecule has 30 heavy (non-hydrogen) atoms. The Morgan fingerprint density at radius 3 is 1.60 bits per heavy atom. The van der Waals surface area contributed by atoms with Gasteiger partial charge in [-0.3, -0.25) is 4.98 Å². The lowest BCUT2D eigenvalue weighted by molar-refractivity contribution is 0.667. The summed E-state index contributed by atoms with van der Waals surface area (Å²) in [5, 5.41) is 0. The van der Waals surface area contributed by atoms with Gasteiger partial charge in [-0.1, -0.05) is 94.1 Å². The van der Waals surface area contributed by atoms with Gasteiger partial charge in [-0.05, 0) is 66.8 Å². The van der Waals surface area contributed by atoms with E-state index in [1.54, 1.807) is 0 Å². The molecule has 0 amide bonds. The first-order valence-electron chi connectivity index (χ1n) is 11.9. The molecule has 0 atom stereocenters. The van der Waals surface area contributed by atoms with E-state index in [1.807, 2.05) is 6.20 Å². The van der Waals surface area contributed by atoms with Crippen LogP contribution in [-0.2, 0) is 25.7 Å². The van der Waals surface area contributed by atoms with E-state index < -0.39 is 0 Å². The molecule has 0 unspecified atom stereocenters. The fraction of sp³-hybridized carbons (Fsp3) is 0.414. The van der Waals surface area contributed by atoms with Gasteiger partial charge in [-0.15, -0.1) is 0 Å². The molecule has 0 bridgehead atoms. The van der Waals surface area contributed by atoms with Gasteiger partial charge in [0.15, 0.2) is 0 Å². The topological polar surface area (TPSA) is 12.9 Å². The molecule has 0 N–H and O–H groups in total. The normalized spacial score (nSPS) is 11.0. The molecule has 0 aliphatic heterocycles. The maximum absolute atomic E-state index is 4.66. The summed E-state index contributed by atoms with van der Waals surface area (Å²) in [4.78, 5) is 4.66. The highest BCUT2D eigenvalue weighted by Crippen LogP contribution is 2.19. The maximum Gasteiger partial charge on any atom is 0.0702 e. The molecular weight excluding hydrogens is 362 g/mol. The number of hydrogen-bond donors (Lipinski definition) is 0. The number of benzene rings is 2. The molecule has 0 aliphatic carbocycles. The monoisotopic (exact) mass is 399 g/mol. The minimum atomic E-state index is 1.07. The van der Waals surface area contributed by atoms with Crippen LogP contribution in [0.4, 0.5) is 0 Å². The van der Waals surface area contributed by atoms with Gasteiger partial charge in [0.2, 0.25) is 0 Å². The molecule has 1 heteroatoms. The van der Waals surface area contributed by atoms with Crippen LogP contribution in [0.2, 0.25) is 0 Å². The number of aryl methyl sites for hydroxylation is 4. The van der Waals surface area contributed by atoms with E-state index in [2.05, 4.69) is 79.5 Å². The Morgan fingerprint density at radius 1 is 0.500 bits per heavy atom. The van der Waals surface area contributed by atoms with E-state index in [0.29, 0.717) is 0 Å². The quantitative estimate of drug-likeness (QED) is 0.281. The predicted molar refractivity (Wildman–Crippen MR) is 130 cm³/mol. The summed E-state index contributed by atoms with van der Waals surface area (Å²) >= 11 is 0. The van der Waals surface area contributed by atoms with Crippen molar-refractivity contribution in [3.63, 3.8) is 0 Å². The zero-order valence-electron chi connectivity index (χ0n) is 18.9. The second-order valence-corrected chi connectivity index (χ2v) is 8.48. The molecule has 3 aromatic rings. The minimum absolute atomic E-state index is 1.07. The van der Waals surface area contributed by atoms with Crippen LogP contribution in [0.3, 0.4) is 0 Å². The van der Waals surface area contributed by atoms with Crippen LogP contribution in [0.1, 0.15) is 74.6 Å². The first-order valence-corrected chi connectivity index (χ1v) is 11.9. The third-order valence-electron chi connectivity index (χ3n) is 5.94. The van der Waals surface area contributed by atoms with Gasteiger partial charge in [-0.25, -0.2) is 0 Å². The van der Waals surface area contributed by atoms with Crippen LogP contribution < -0.4 is 0 Å². The summed E-state index contributed by atoms with van der Waals surface area (Å²) in [6, 6.07) is 22.6. The van der Waals surface area contributed by atoms with E-state index >= 15 is 0 Å². The lowest BCUT2D eigenvalue weighted by Gasteiger charge is -2.07. The van der Waals surface area contributed by atoms with Gasteiger partial charge < -0.3 is 0 Å². The van der Waals surface area contributed by atoms with Crippen molar-refractivity contribution in [2.75, 3.05) is 0 Å². The van der Waals surface area contributed by atoms with Crippen molar-refractivity contribution in [3.8, 4) is 11.3 Å². The summed E-state index contributed by atoms with van der Waals surface area (Å²) in [6.07, 6.45) is 14.4. The molecule has 0 saturated heterocycles. The predicted octanol–water partition coefficient (Wildman–Crippen LogP) is 8.00. The van der Waals surface area contributed by atoms with Gasteiger partial charge in [0, 0.05) is 11.8 Å². The fourth-order valence-electron chi connectivity index (χ4n) is 3.88. The zero-order chi connectivity index (χ0) is 21.0. The molecule has 2 aromatic carbocycles. The Morgan fingerprint density at radius 2 is 1.03 bits per heavy atom.